The summed E-state index contributed by atoms with van der Waals surface area (Å²) in [6.45, 7) is 3.35. The van der Waals surface area contributed by atoms with Crippen molar-refractivity contribution in [3.63, 3.8) is 0 Å². The van der Waals surface area contributed by atoms with Gasteiger partial charge in [0.15, 0.2) is 5.13 Å². The lowest BCUT2D eigenvalue weighted by atomic mass is 10.0. The molecule has 0 aliphatic carbocycles. The topological polar surface area (TPSA) is 80.6 Å². The number of methoxy groups -OCH3 is 1. The highest BCUT2D eigenvalue weighted by atomic mass is 32.1. The molecule has 160 valence electrons. The standard InChI is InChI=1S/C22H23N5O3S/c1-30-18-4-2-15(3-5-18)19-8-20(28)27(14-24-19)13-21(29)25-9-16-11-26(12-17(16)10-25)22-23-6-7-31-22/h2-8,14,16-17H,9-13H2,1H3. The summed E-state index contributed by atoms with van der Waals surface area (Å²) >= 11 is 1.65. The maximum Gasteiger partial charge on any atom is 0.254 e. The summed E-state index contributed by atoms with van der Waals surface area (Å²) in [5.74, 6) is 1.63. The first-order valence-corrected chi connectivity index (χ1v) is 11.1. The Kier molecular flexibility index (Phi) is 5.19. The van der Waals surface area contributed by atoms with Gasteiger partial charge < -0.3 is 14.5 Å². The Labute approximate surface area is 183 Å². The third-order valence-electron chi connectivity index (χ3n) is 6.10. The number of rotatable bonds is 5. The minimum absolute atomic E-state index is 0.0182. The minimum Gasteiger partial charge on any atom is -0.497 e. The molecule has 5 rings (SSSR count). The average molecular weight is 438 g/mol. The van der Waals surface area contributed by atoms with Crippen molar-refractivity contribution in [1.29, 1.82) is 0 Å². The highest BCUT2D eigenvalue weighted by molar-refractivity contribution is 7.13. The number of likely N-dealkylation sites (tertiary alicyclic amines) is 1. The fourth-order valence-electron chi connectivity index (χ4n) is 4.44. The monoisotopic (exact) mass is 437 g/mol. The number of aromatic nitrogens is 3. The summed E-state index contributed by atoms with van der Waals surface area (Å²) in [4.78, 5) is 38.4. The number of hydrogen-bond donors (Lipinski definition) is 0. The number of nitrogens with zero attached hydrogens (tertiary/aromatic N) is 5. The lowest BCUT2D eigenvalue weighted by Gasteiger charge is -2.21. The van der Waals surface area contributed by atoms with Crippen molar-refractivity contribution in [2.24, 2.45) is 11.8 Å². The van der Waals surface area contributed by atoms with E-state index in [0.717, 1.165) is 42.6 Å². The maximum absolute atomic E-state index is 12.8. The molecule has 2 aliphatic heterocycles. The predicted octanol–water partition coefficient (Wildman–Crippen LogP) is 1.97. The SMILES string of the molecule is COc1ccc(-c2cc(=O)n(CC(=O)N3CC4CN(c5nccs5)CC4C3)cn2)cc1. The number of thiazole rings is 1. The van der Waals surface area contributed by atoms with Crippen LogP contribution in [0.4, 0.5) is 5.13 Å². The molecule has 0 spiro atoms. The van der Waals surface area contributed by atoms with E-state index in [1.54, 1.807) is 18.4 Å². The molecule has 4 heterocycles. The molecule has 0 radical (unpaired) electrons. The van der Waals surface area contributed by atoms with Gasteiger partial charge in [-0.25, -0.2) is 9.97 Å². The van der Waals surface area contributed by atoms with Crippen LogP contribution in [-0.4, -0.2) is 58.6 Å². The molecule has 2 aliphatic rings. The number of fused-ring (bicyclic) bond motifs is 1. The van der Waals surface area contributed by atoms with Crippen molar-refractivity contribution in [2.45, 2.75) is 6.54 Å². The molecule has 8 nitrogen and oxygen atoms in total. The number of carbonyl (C=O) groups is 1. The summed E-state index contributed by atoms with van der Waals surface area (Å²) in [7, 11) is 1.61. The molecule has 1 amide bonds. The van der Waals surface area contributed by atoms with Gasteiger partial charge in [-0.1, -0.05) is 0 Å². The van der Waals surface area contributed by atoms with Crippen LogP contribution in [0.3, 0.4) is 0 Å². The first-order chi connectivity index (χ1) is 15.1. The minimum atomic E-state index is -0.233. The zero-order valence-electron chi connectivity index (χ0n) is 17.2. The molecule has 2 aromatic heterocycles. The second-order valence-corrected chi connectivity index (χ2v) is 8.88. The number of anilines is 1. The zero-order chi connectivity index (χ0) is 21.4. The molecule has 31 heavy (non-hydrogen) atoms. The number of carbonyl (C=O) groups excluding carboxylic acids is 1. The van der Waals surface area contributed by atoms with Crippen LogP contribution in [0.25, 0.3) is 11.3 Å². The number of amides is 1. The fourth-order valence-corrected chi connectivity index (χ4v) is 5.10. The van der Waals surface area contributed by atoms with Gasteiger partial charge in [-0.15, -0.1) is 11.3 Å². The van der Waals surface area contributed by atoms with Crippen LogP contribution < -0.4 is 15.2 Å². The third kappa shape index (κ3) is 3.93. The number of benzene rings is 1. The van der Waals surface area contributed by atoms with Gasteiger partial charge in [0.2, 0.25) is 5.91 Å². The van der Waals surface area contributed by atoms with Crippen LogP contribution >= 0.6 is 11.3 Å². The van der Waals surface area contributed by atoms with Crippen LogP contribution in [0.5, 0.6) is 5.75 Å². The molecule has 2 unspecified atom stereocenters. The van der Waals surface area contributed by atoms with Crippen molar-refractivity contribution < 1.29 is 9.53 Å². The smallest absolute Gasteiger partial charge is 0.254 e. The van der Waals surface area contributed by atoms with Crippen molar-refractivity contribution in [3.8, 4) is 17.0 Å². The van der Waals surface area contributed by atoms with Crippen LogP contribution in [0.2, 0.25) is 0 Å². The first kappa shape index (κ1) is 19.7. The van der Waals surface area contributed by atoms with E-state index >= 15 is 0 Å². The maximum atomic E-state index is 12.8. The van der Waals surface area contributed by atoms with Crippen LogP contribution in [0, 0.1) is 11.8 Å². The van der Waals surface area contributed by atoms with E-state index in [2.05, 4.69) is 14.9 Å². The summed E-state index contributed by atoms with van der Waals surface area (Å²) < 4.78 is 6.54. The number of hydrogen-bond acceptors (Lipinski definition) is 7. The average Bonchev–Trinajstić information content (AvgIpc) is 3.51. The summed E-state index contributed by atoms with van der Waals surface area (Å²) in [6, 6.07) is 8.83. The second kappa shape index (κ2) is 8.14. The molecule has 2 saturated heterocycles. The lowest BCUT2D eigenvalue weighted by Crippen LogP contribution is -2.37. The van der Waals surface area contributed by atoms with Gasteiger partial charge in [-0.2, -0.15) is 0 Å². The van der Waals surface area contributed by atoms with Crippen molar-refractivity contribution in [3.05, 3.63) is 58.6 Å². The van der Waals surface area contributed by atoms with E-state index in [1.165, 1.54) is 17.0 Å². The Balaban J connectivity index is 1.22. The van der Waals surface area contributed by atoms with Crippen molar-refractivity contribution >= 4 is 22.4 Å². The molecular weight excluding hydrogens is 414 g/mol. The molecule has 0 bridgehead atoms. The van der Waals surface area contributed by atoms with Crippen LogP contribution in [0.15, 0.2) is 53.0 Å². The van der Waals surface area contributed by atoms with E-state index in [4.69, 9.17) is 4.74 Å². The highest BCUT2D eigenvalue weighted by Crippen LogP contribution is 2.34. The van der Waals surface area contributed by atoms with Gasteiger partial charge in [-0.3, -0.25) is 14.2 Å². The Morgan fingerprint density at radius 2 is 1.87 bits per heavy atom. The molecule has 3 aromatic rings. The Bertz CT molecular complexity index is 1110. The predicted molar refractivity (Wildman–Crippen MR) is 118 cm³/mol. The third-order valence-corrected chi connectivity index (χ3v) is 6.93. The summed E-state index contributed by atoms with van der Waals surface area (Å²) in [6.07, 6.45) is 3.29. The van der Waals surface area contributed by atoms with Gasteiger partial charge in [0.25, 0.3) is 5.56 Å². The van der Waals surface area contributed by atoms with E-state index in [1.807, 2.05) is 40.7 Å². The lowest BCUT2D eigenvalue weighted by molar-refractivity contribution is -0.131. The fraction of sp³-hybridized carbons (Fsp3) is 0.364. The molecule has 0 N–H and O–H groups in total. The van der Waals surface area contributed by atoms with Crippen molar-refractivity contribution in [2.75, 3.05) is 38.2 Å². The van der Waals surface area contributed by atoms with E-state index in [-0.39, 0.29) is 18.0 Å². The van der Waals surface area contributed by atoms with E-state index in [9.17, 15) is 9.59 Å². The van der Waals surface area contributed by atoms with Crippen LogP contribution in [-0.2, 0) is 11.3 Å². The van der Waals surface area contributed by atoms with Crippen molar-refractivity contribution in [1.82, 2.24) is 19.4 Å². The first-order valence-electron chi connectivity index (χ1n) is 10.2. The van der Waals surface area contributed by atoms with E-state index < -0.39 is 0 Å². The Morgan fingerprint density at radius 3 is 2.48 bits per heavy atom. The second-order valence-electron chi connectivity index (χ2n) is 8.01. The molecule has 2 atom stereocenters. The summed E-state index contributed by atoms with van der Waals surface area (Å²) in [5, 5.41) is 3.05. The molecule has 2 fully saturated rings. The molecule has 0 saturated carbocycles. The largest absolute Gasteiger partial charge is 0.497 e. The van der Waals surface area contributed by atoms with Gasteiger partial charge in [0, 0.05) is 61.2 Å². The summed E-state index contributed by atoms with van der Waals surface area (Å²) in [5.41, 5.74) is 1.17. The Morgan fingerprint density at radius 1 is 1.13 bits per heavy atom. The highest BCUT2D eigenvalue weighted by Gasteiger charge is 2.42. The van der Waals surface area contributed by atoms with Crippen LogP contribution in [0.1, 0.15) is 0 Å². The van der Waals surface area contributed by atoms with Gasteiger partial charge in [0.05, 0.1) is 19.1 Å². The van der Waals surface area contributed by atoms with Gasteiger partial charge in [0.1, 0.15) is 12.3 Å². The zero-order valence-corrected chi connectivity index (χ0v) is 18.0. The number of ether oxygens (including phenoxy) is 1. The van der Waals surface area contributed by atoms with Gasteiger partial charge in [-0.05, 0) is 24.3 Å². The van der Waals surface area contributed by atoms with E-state index in [0.29, 0.717) is 17.5 Å². The normalized spacial score (nSPS) is 20.2. The quantitative estimate of drug-likeness (QED) is 0.607. The molecule has 1 aromatic carbocycles. The van der Waals surface area contributed by atoms with Gasteiger partial charge >= 0.3 is 0 Å². The molecule has 9 heteroatoms. The Hall–Kier alpha value is -3.20. The molecular formula is C22H23N5O3S.